The monoisotopic (exact) mass is 215 g/mol. The maximum Gasteiger partial charge on any atom is 0.365 e. The summed E-state index contributed by atoms with van der Waals surface area (Å²) in [4.78, 5) is 10.4. The van der Waals surface area contributed by atoms with Crippen LogP contribution in [0.4, 0.5) is 4.79 Å². The van der Waals surface area contributed by atoms with E-state index in [2.05, 4.69) is 34.6 Å². The number of carbonyl (C=O) groups excluding carboxylic acids is 1. The molecule has 0 atom stereocenters. The minimum absolute atomic E-state index is 0.0709. The Bertz CT molecular complexity index is 301. The molecule has 0 aliphatic carbocycles. The zero-order valence-electron chi connectivity index (χ0n) is 8.01. The molecule has 0 saturated carbocycles. The van der Waals surface area contributed by atoms with Crippen molar-refractivity contribution in [2.45, 2.75) is 32.9 Å². The Labute approximate surface area is 87.8 Å². The van der Waals surface area contributed by atoms with Gasteiger partial charge < -0.3 is 4.74 Å². The number of hydrogen-bond donors (Lipinski definition) is 1. The van der Waals surface area contributed by atoms with E-state index in [4.69, 9.17) is 0 Å². The quantitative estimate of drug-likeness (QED) is 0.599. The molecular formula is C8H13N3O2S. The molecule has 0 aliphatic heterocycles. The zero-order chi connectivity index (χ0) is 10.4. The highest BCUT2D eigenvalue weighted by atomic mass is 32.1. The summed E-state index contributed by atoms with van der Waals surface area (Å²) in [6.45, 7) is 2.19. The van der Waals surface area contributed by atoms with Crippen LogP contribution in [0.5, 0.6) is 0 Å². The molecule has 6 heteroatoms. The van der Waals surface area contributed by atoms with Crippen LogP contribution in [0.2, 0.25) is 0 Å². The highest BCUT2D eigenvalue weighted by Crippen LogP contribution is 2.00. The molecule has 0 radical (unpaired) electrons. The molecule has 0 fully saturated rings. The van der Waals surface area contributed by atoms with E-state index in [1.165, 1.54) is 4.68 Å². The molecule has 1 rings (SSSR count). The van der Waals surface area contributed by atoms with Crippen LogP contribution in [0.3, 0.4) is 0 Å². The third-order valence-electron chi connectivity index (χ3n) is 1.69. The second kappa shape index (κ2) is 5.64. The van der Waals surface area contributed by atoms with E-state index < -0.39 is 5.30 Å². The highest BCUT2D eigenvalue weighted by Gasteiger charge is 2.01. The van der Waals surface area contributed by atoms with E-state index in [0.717, 1.165) is 25.0 Å². The lowest BCUT2D eigenvalue weighted by Crippen LogP contribution is -2.04. The molecule has 1 aromatic heterocycles. The van der Waals surface area contributed by atoms with E-state index in [1.807, 2.05) is 0 Å². The van der Waals surface area contributed by atoms with Gasteiger partial charge >= 0.3 is 5.30 Å². The van der Waals surface area contributed by atoms with E-state index in [1.54, 1.807) is 6.20 Å². The Kier molecular flexibility index (Phi) is 4.45. The Morgan fingerprint density at radius 1 is 1.71 bits per heavy atom. The first kappa shape index (κ1) is 11.0. The van der Waals surface area contributed by atoms with Crippen molar-refractivity contribution in [3.8, 4) is 0 Å². The van der Waals surface area contributed by atoms with Crippen LogP contribution in [0.25, 0.3) is 0 Å². The highest BCUT2D eigenvalue weighted by molar-refractivity contribution is 7.96. The normalized spacial score (nSPS) is 10.1. The fourth-order valence-electron chi connectivity index (χ4n) is 0.995. The van der Waals surface area contributed by atoms with E-state index in [0.29, 0.717) is 0 Å². The molecule has 0 aliphatic rings. The standard InChI is InChI=1S/C8H13N3O2S/c1-2-3-4-7-5-11(10-9-7)6-13-8(12)14/h5H,2-4,6H2,1H3,(H,12,14). The number of thiol groups is 1. The van der Waals surface area contributed by atoms with Crippen LogP contribution >= 0.6 is 12.6 Å². The van der Waals surface area contributed by atoms with E-state index in [9.17, 15) is 4.79 Å². The smallest absolute Gasteiger partial charge is 0.365 e. The fourth-order valence-corrected chi connectivity index (χ4v) is 1.05. The predicted molar refractivity (Wildman–Crippen MR) is 54.1 cm³/mol. The summed E-state index contributed by atoms with van der Waals surface area (Å²) in [5.74, 6) is 0. The van der Waals surface area contributed by atoms with Gasteiger partial charge in [-0.3, -0.25) is 0 Å². The van der Waals surface area contributed by atoms with Crippen molar-refractivity contribution in [1.82, 2.24) is 15.0 Å². The van der Waals surface area contributed by atoms with Crippen molar-refractivity contribution in [3.63, 3.8) is 0 Å². The van der Waals surface area contributed by atoms with E-state index in [-0.39, 0.29) is 6.73 Å². The maximum atomic E-state index is 10.4. The minimum atomic E-state index is -0.615. The van der Waals surface area contributed by atoms with Crippen molar-refractivity contribution in [2.24, 2.45) is 0 Å². The molecule has 0 saturated heterocycles. The van der Waals surface area contributed by atoms with Crippen molar-refractivity contribution >= 4 is 17.9 Å². The van der Waals surface area contributed by atoms with Gasteiger partial charge in [0.2, 0.25) is 0 Å². The number of aryl methyl sites for hydroxylation is 1. The van der Waals surface area contributed by atoms with Gasteiger partial charge in [-0.15, -0.1) is 5.10 Å². The zero-order valence-corrected chi connectivity index (χ0v) is 8.91. The summed E-state index contributed by atoms with van der Waals surface area (Å²) < 4.78 is 6.10. The second-order valence-corrected chi connectivity index (χ2v) is 3.26. The van der Waals surface area contributed by atoms with Gasteiger partial charge in [0.1, 0.15) is 0 Å². The first-order valence-electron chi connectivity index (χ1n) is 4.47. The summed E-state index contributed by atoms with van der Waals surface area (Å²) >= 11 is 3.47. The van der Waals surface area contributed by atoms with Crippen molar-refractivity contribution < 1.29 is 9.53 Å². The first-order valence-corrected chi connectivity index (χ1v) is 4.92. The molecule has 0 bridgehead atoms. The van der Waals surface area contributed by atoms with Crippen molar-refractivity contribution in [2.75, 3.05) is 0 Å². The summed E-state index contributed by atoms with van der Waals surface area (Å²) in [7, 11) is 0. The average Bonchev–Trinajstić information content (AvgIpc) is 2.59. The van der Waals surface area contributed by atoms with Gasteiger partial charge in [0, 0.05) is 0 Å². The Hall–Kier alpha value is -1.04. The molecule has 0 unspecified atom stereocenters. The number of rotatable bonds is 5. The van der Waals surface area contributed by atoms with Crippen LogP contribution in [-0.4, -0.2) is 20.3 Å². The largest absolute Gasteiger partial charge is 0.434 e. The second-order valence-electron chi connectivity index (χ2n) is 2.89. The number of unbranched alkanes of at least 4 members (excludes halogenated alkanes) is 1. The molecule has 78 valence electrons. The number of carbonyl (C=O) groups is 1. The molecule has 0 N–H and O–H groups in total. The van der Waals surface area contributed by atoms with Crippen molar-refractivity contribution in [1.29, 1.82) is 0 Å². The van der Waals surface area contributed by atoms with Crippen LogP contribution < -0.4 is 0 Å². The van der Waals surface area contributed by atoms with Crippen molar-refractivity contribution in [3.05, 3.63) is 11.9 Å². The molecular weight excluding hydrogens is 202 g/mol. The fraction of sp³-hybridized carbons (Fsp3) is 0.625. The molecule has 14 heavy (non-hydrogen) atoms. The molecule has 0 amide bonds. The molecule has 5 nitrogen and oxygen atoms in total. The lowest BCUT2D eigenvalue weighted by Gasteiger charge is -1.98. The third kappa shape index (κ3) is 3.78. The van der Waals surface area contributed by atoms with Gasteiger partial charge in [-0.25, -0.2) is 9.48 Å². The average molecular weight is 215 g/mol. The summed E-state index contributed by atoms with van der Waals surface area (Å²) in [5, 5.41) is 7.11. The number of nitrogens with zero attached hydrogens (tertiary/aromatic N) is 3. The third-order valence-corrected chi connectivity index (χ3v) is 1.82. The van der Waals surface area contributed by atoms with Gasteiger partial charge in [0.05, 0.1) is 11.9 Å². The Morgan fingerprint density at radius 2 is 2.50 bits per heavy atom. The Balaban J connectivity index is 2.38. The lowest BCUT2D eigenvalue weighted by atomic mass is 10.2. The number of ether oxygens (including phenoxy) is 1. The molecule has 1 heterocycles. The number of aromatic nitrogens is 3. The predicted octanol–water partition coefficient (Wildman–Crippen LogP) is 1.64. The minimum Gasteiger partial charge on any atom is -0.434 e. The maximum absolute atomic E-state index is 10.4. The molecule has 1 aromatic rings. The van der Waals surface area contributed by atoms with Gasteiger partial charge in [0.15, 0.2) is 6.73 Å². The van der Waals surface area contributed by atoms with Gasteiger partial charge in [-0.2, -0.15) is 0 Å². The lowest BCUT2D eigenvalue weighted by molar-refractivity contribution is 0.133. The van der Waals surface area contributed by atoms with E-state index >= 15 is 0 Å². The summed E-state index contributed by atoms with van der Waals surface area (Å²) in [5.41, 5.74) is 0.919. The van der Waals surface area contributed by atoms with Crippen LogP contribution in [0.1, 0.15) is 25.5 Å². The Morgan fingerprint density at radius 3 is 3.14 bits per heavy atom. The first-order chi connectivity index (χ1) is 6.72. The summed E-state index contributed by atoms with van der Waals surface area (Å²) in [6, 6.07) is 0. The topological polar surface area (TPSA) is 57.0 Å². The van der Waals surface area contributed by atoms with Crippen LogP contribution in [0.15, 0.2) is 6.20 Å². The molecule has 0 aromatic carbocycles. The SMILES string of the molecule is CCCCc1cn(COC(=O)S)nn1. The van der Waals surface area contributed by atoms with Crippen LogP contribution in [0, 0.1) is 0 Å². The number of hydrogen-bond acceptors (Lipinski definition) is 4. The summed E-state index contributed by atoms with van der Waals surface area (Å²) in [6.07, 6.45) is 4.89. The van der Waals surface area contributed by atoms with Gasteiger partial charge in [0.25, 0.3) is 0 Å². The van der Waals surface area contributed by atoms with Gasteiger partial charge in [-0.1, -0.05) is 31.2 Å². The van der Waals surface area contributed by atoms with Crippen LogP contribution in [-0.2, 0) is 17.9 Å². The molecule has 0 spiro atoms. The van der Waals surface area contributed by atoms with Gasteiger partial charge in [-0.05, 0) is 12.8 Å².